The molecule has 0 radical (unpaired) electrons. The van der Waals surface area contributed by atoms with Crippen molar-refractivity contribution in [3.63, 3.8) is 0 Å². The monoisotopic (exact) mass is 297 g/mol. The molecular formula is C11H20ClNO4S. The Balaban J connectivity index is 2.56. The molecule has 0 unspecified atom stereocenters. The van der Waals surface area contributed by atoms with Crippen LogP contribution in [0.2, 0.25) is 0 Å². The van der Waals surface area contributed by atoms with Crippen molar-refractivity contribution in [2.75, 3.05) is 18.8 Å². The third-order valence-corrected chi connectivity index (χ3v) is 3.85. The van der Waals surface area contributed by atoms with Crippen LogP contribution in [-0.2, 0) is 13.8 Å². The lowest BCUT2D eigenvalue weighted by Crippen LogP contribution is -2.44. The molecule has 5 nitrogen and oxygen atoms in total. The standard InChI is InChI=1S/C11H20ClNO4S/c1-11(2,3)17-10(14)13-6-4-5-9(7-13)8-18(12,15)16/h9H,4-8H2,1-3H3/t9-/m0/s1. The van der Waals surface area contributed by atoms with E-state index in [1.165, 1.54) is 0 Å². The van der Waals surface area contributed by atoms with Crippen LogP contribution in [0.4, 0.5) is 4.79 Å². The highest BCUT2D eigenvalue weighted by Crippen LogP contribution is 2.21. The number of hydrogen-bond acceptors (Lipinski definition) is 4. The minimum Gasteiger partial charge on any atom is -0.444 e. The quantitative estimate of drug-likeness (QED) is 0.733. The molecule has 0 saturated carbocycles. The fraction of sp³-hybridized carbons (Fsp3) is 0.909. The Kier molecular flexibility index (Phi) is 4.89. The molecule has 0 aromatic carbocycles. The molecule has 1 aliphatic rings. The SMILES string of the molecule is CC(C)(C)OC(=O)N1CCC[C@H](CS(=O)(=O)Cl)C1. The van der Waals surface area contributed by atoms with Crippen molar-refractivity contribution in [3.05, 3.63) is 0 Å². The van der Waals surface area contributed by atoms with E-state index in [0.717, 1.165) is 12.8 Å². The van der Waals surface area contributed by atoms with Crippen molar-refractivity contribution < 1.29 is 17.9 Å². The number of piperidine rings is 1. The molecule has 106 valence electrons. The molecule has 1 atom stereocenters. The predicted octanol–water partition coefficient (Wildman–Crippen LogP) is 2.20. The van der Waals surface area contributed by atoms with Crippen LogP contribution in [0.15, 0.2) is 0 Å². The van der Waals surface area contributed by atoms with Gasteiger partial charge in [0.2, 0.25) is 9.05 Å². The largest absolute Gasteiger partial charge is 0.444 e. The van der Waals surface area contributed by atoms with E-state index in [1.54, 1.807) is 25.7 Å². The second kappa shape index (κ2) is 5.65. The second-order valence-electron chi connectivity index (χ2n) is 5.64. The van der Waals surface area contributed by atoms with Crippen molar-refractivity contribution in [3.8, 4) is 0 Å². The topological polar surface area (TPSA) is 63.7 Å². The Labute approximate surface area is 113 Å². The summed E-state index contributed by atoms with van der Waals surface area (Å²) in [5.41, 5.74) is -0.539. The Bertz CT molecular complexity index is 402. The zero-order chi connectivity index (χ0) is 14.0. The van der Waals surface area contributed by atoms with E-state index in [2.05, 4.69) is 0 Å². The van der Waals surface area contributed by atoms with Gasteiger partial charge in [-0.05, 0) is 39.5 Å². The minimum absolute atomic E-state index is 0.0894. The molecule has 1 saturated heterocycles. The molecule has 18 heavy (non-hydrogen) atoms. The Hall–Kier alpha value is -0.490. The highest BCUT2D eigenvalue weighted by molar-refractivity contribution is 8.13. The molecule has 7 heteroatoms. The summed E-state index contributed by atoms with van der Waals surface area (Å²) in [6.07, 6.45) is 1.15. The molecule has 0 N–H and O–H groups in total. The molecule has 1 fully saturated rings. The van der Waals surface area contributed by atoms with Crippen molar-refractivity contribution in [2.24, 2.45) is 5.92 Å². The predicted molar refractivity (Wildman–Crippen MR) is 70.2 cm³/mol. The molecule has 1 amide bonds. The van der Waals surface area contributed by atoms with Crippen LogP contribution in [0, 0.1) is 5.92 Å². The summed E-state index contributed by atoms with van der Waals surface area (Å²) in [5, 5.41) is 0. The molecule has 0 aromatic rings. The lowest BCUT2D eigenvalue weighted by molar-refractivity contribution is 0.0176. The van der Waals surface area contributed by atoms with Gasteiger partial charge in [0.05, 0.1) is 5.75 Å². The van der Waals surface area contributed by atoms with Gasteiger partial charge < -0.3 is 9.64 Å². The normalized spacial score (nSPS) is 21.8. The molecule has 1 aliphatic heterocycles. The van der Waals surface area contributed by atoms with E-state index < -0.39 is 14.7 Å². The number of halogens is 1. The van der Waals surface area contributed by atoms with Crippen LogP contribution in [0.3, 0.4) is 0 Å². The molecule has 0 bridgehead atoms. The molecular weight excluding hydrogens is 278 g/mol. The summed E-state index contributed by atoms with van der Waals surface area (Å²) in [6.45, 7) is 6.40. The Morgan fingerprint density at radius 2 is 2.06 bits per heavy atom. The van der Waals surface area contributed by atoms with E-state index >= 15 is 0 Å². The number of ether oxygens (including phenoxy) is 1. The first kappa shape index (κ1) is 15.6. The summed E-state index contributed by atoms with van der Waals surface area (Å²) in [4.78, 5) is 13.4. The number of nitrogens with zero attached hydrogens (tertiary/aromatic N) is 1. The molecule has 0 aromatic heterocycles. The van der Waals surface area contributed by atoms with Crippen LogP contribution in [0.5, 0.6) is 0 Å². The Morgan fingerprint density at radius 1 is 1.44 bits per heavy atom. The smallest absolute Gasteiger partial charge is 0.410 e. The first-order chi connectivity index (χ1) is 8.07. The van der Waals surface area contributed by atoms with Gasteiger partial charge in [-0.15, -0.1) is 0 Å². The van der Waals surface area contributed by atoms with Gasteiger partial charge >= 0.3 is 6.09 Å². The first-order valence-corrected chi connectivity index (χ1v) is 8.45. The number of carbonyl (C=O) groups is 1. The van der Waals surface area contributed by atoms with Crippen LogP contribution in [0.25, 0.3) is 0 Å². The fourth-order valence-electron chi connectivity index (χ4n) is 1.97. The average Bonchev–Trinajstić information content (AvgIpc) is 2.12. The number of likely N-dealkylation sites (tertiary alicyclic amines) is 1. The van der Waals surface area contributed by atoms with E-state index in [-0.39, 0.29) is 17.8 Å². The molecule has 0 aliphatic carbocycles. The van der Waals surface area contributed by atoms with E-state index in [0.29, 0.717) is 13.1 Å². The van der Waals surface area contributed by atoms with E-state index in [1.807, 2.05) is 0 Å². The van der Waals surface area contributed by atoms with Crippen LogP contribution in [0.1, 0.15) is 33.6 Å². The number of hydrogen-bond donors (Lipinski definition) is 0. The van der Waals surface area contributed by atoms with Crippen molar-refractivity contribution >= 4 is 25.8 Å². The number of carbonyl (C=O) groups excluding carboxylic acids is 1. The van der Waals surface area contributed by atoms with E-state index in [9.17, 15) is 13.2 Å². The summed E-state index contributed by atoms with van der Waals surface area (Å²) >= 11 is 0. The molecule has 1 rings (SSSR count). The summed E-state index contributed by atoms with van der Waals surface area (Å²) in [5.74, 6) is -0.192. The van der Waals surface area contributed by atoms with Gasteiger partial charge in [-0.3, -0.25) is 0 Å². The number of rotatable bonds is 2. The summed E-state index contributed by atoms with van der Waals surface area (Å²) < 4.78 is 27.3. The minimum atomic E-state index is -3.51. The zero-order valence-corrected chi connectivity index (χ0v) is 12.6. The summed E-state index contributed by atoms with van der Waals surface area (Å²) in [6, 6.07) is 0. The van der Waals surface area contributed by atoms with Crippen molar-refractivity contribution in [1.29, 1.82) is 0 Å². The van der Waals surface area contributed by atoms with Crippen LogP contribution < -0.4 is 0 Å². The van der Waals surface area contributed by atoms with Gasteiger partial charge in [0, 0.05) is 23.8 Å². The lowest BCUT2D eigenvalue weighted by Gasteiger charge is -2.33. The van der Waals surface area contributed by atoms with Crippen molar-refractivity contribution in [1.82, 2.24) is 4.90 Å². The van der Waals surface area contributed by atoms with Crippen LogP contribution in [-0.4, -0.2) is 43.9 Å². The molecule has 0 spiro atoms. The molecule has 1 heterocycles. The van der Waals surface area contributed by atoms with Gasteiger partial charge in [0.1, 0.15) is 5.60 Å². The number of amides is 1. The fourth-order valence-corrected chi connectivity index (χ4v) is 3.34. The third kappa shape index (κ3) is 5.91. The second-order valence-corrected chi connectivity index (χ2v) is 8.46. The highest BCUT2D eigenvalue weighted by Gasteiger charge is 2.29. The van der Waals surface area contributed by atoms with Gasteiger partial charge in [-0.1, -0.05) is 0 Å². The zero-order valence-electron chi connectivity index (χ0n) is 11.0. The van der Waals surface area contributed by atoms with E-state index in [4.69, 9.17) is 15.4 Å². The third-order valence-electron chi connectivity index (χ3n) is 2.61. The maximum atomic E-state index is 11.8. The summed E-state index contributed by atoms with van der Waals surface area (Å²) in [7, 11) is 1.72. The average molecular weight is 298 g/mol. The highest BCUT2D eigenvalue weighted by atomic mass is 35.7. The van der Waals surface area contributed by atoms with Gasteiger partial charge in [0.25, 0.3) is 0 Å². The Morgan fingerprint density at radius 3 is 2.56 bits per heavy atom. The lowest BCUT2D eigenvalue weighted by atomic mass is 10.0. The first-order valence-electron chi connectivity index (χ1n) is 5.97. The van der Waals surface area contributed by atoms with Gasteiger partial charge in [0.15, 0.2) is 0 Å². The maximum Gasteiger partial charge on any atom is 0.410 e. The van der Waals surface area contributed by atoms with Gasteiger partial charge in [-0.2, -0.15) is 0 Å². The van der Waals surface area contributed by atoms with Crippen LogP contribution >= 0.6 is 10.7 Å². The maximum absolute atomic E-state index is 11.8. The van der Waals surface area contributed by atoms with Crippen molar-refractivity contribution in [2.45, 2.75) is 39.2 Å². The van der Waals surface area contributed by atoms with Gasteiger partial charge in [-0.25, -0.2) is 13.2 Å².